The van der Waals surface area contributed by atoms with E-state index in [1.165, 1.54) is 12.8 Å². The summed E-state index contributed by atoms with van der Waals surface area (Å²) in [4.78, 5) is 11.7. The topological polar surface area (TPSA) is 64.1 Å². The molecule has 1 aromatic heterocycles. The molecule has 1 saturated carbocycles. The van der Waals surface area contributed by atoms with E-state index in [1.54, 1.807) is 0 Å². The molecule has 0 saturated heterocycles. The molecule has 1 amide bonds. The third kappa shape index (κ3) is 4.52. The van der Waals surface area contributed by atoms with Gasteiger partial charge < -0.3 is 10.1 Å². The summed E-state index contributed by atoms with van der Waals surface area (Å²) in [5.41, 5.74) is 2.94. The van der Waals surface area contributed by atoms with Gasteiger partial charge in [-0.05, 0) is 30.5 Å². The minimum Gasteiger partial charge on any atom is -0.445 e. The van der Waals surface area contributed by atoms with E-state index in [0.29, 0.717) is 12.5 Å². The minimum atomic E-state index is -0.414. The van der Waals surface area contributed by atoms with Gasteiger partial charge in [0.05, 0.1) is 11.4 Å². The Morgan fingerprint density at radius 2 is 2.00 bits per heavy atom. The highest BCUT2D eigenvalue weighted by molar-refractivity contribution is 5.67. The highest BCUT2D eigenvalue weighted by Crippen LogP contribution is 2.38. The van der Waals surface area contributed by atoms with Gasteiger partial charge in [-0.15, -0.1) is 0 Å². The normalized spacial score (nSPS) is 15.0. The lowest BCUT2D eigenvalue weighted by Crippen LogP contribution is -2.28. The summed E-state index contributed by atoms with van der Waals surface area (Å²) < 4.78 is 5.19. The van der Waals surface area contributed by atoms with E-state index < -0.39 is 6.09 Å². The largest absolute Gasteiger partial charge is 0.445 e. The first-order valence-corrected chi connectivity index (χ1v) is 8.00. The van der Waals surface area contributed by atoms with E-state index in [1.807, 2.05) is 49.4 Å². The van der Waals surface area contributed by atoms with Crippen LogP contribution in [0.2, 0.25) is 0 Å². The van der Waals surface area contributed by atoms with Crippen LogP contribution in [0.5, 0.6) is 0 Å². The second-order valence-corrected chi connectivity index (χ2v) is 6.00. The van der Waals surface area contributed by atoms with Crippen molar-refractivity contribution in [1.29, 1.82) is 0 Å². The number of rotatable bonds is 6. The van der Waals surface area contributed by atoms with Gasteiger partial charge in [0.15, 0.2) is 0 Å². The maximum atomic E-state index is 11.7. The molecule has 5 nitrogen and oxygen atoms in total. The monoisotopic (exact) mass is 311 g/mol. The molecule has 1 aromatic carbocycles. The Bertz CT molecular complexity index is 639. The number of amides is 1. The number of carbonyl (C=O) groups is 1. The van der Waals surface area contributed by atoms with Crippen molar-refractivity contribution in [3.63, 3.8) is 0 Å². The zero-order valence-electron chi connectivity index (χ0n) is 13.2. The number of ether oxygens (including phenoxy) is 1. The standard InChI is InChI=1S/C18H21N3O2/c1-13(16-9-10-17(21-20-16)15-7-8-15)11-19-18(22)23-12-14-5-3-2-4-6-14/h2-6,9-10,13,15H,7-8,11-12H2,1H3,(H,19,22). The van der Waals surface area contributed by atoms with Crippen molar-refractivity contribution < 1.29 is 9.53 Å². The van der Waals surface area contributed by atoms with Crippen molar-refractivity contribution in [3.05, 3.63) is 59.4 Å². The molecule has 23 heavy (non-hydrogen) atoms. The van der Waals surface area contributed by atoms with Crippen LogP contribution in [0.15, 0.2) is 42.5 Å². The molecule has 0 spiro atoms. The molecule has 0 aliphatic heterocycles. The van der Waals surface area contributed by atoms with E-state index in [2.05, 4.69) is 15.5 Å². The van der Waals surface area contributed by atoms with Gasteiger partial charge in [-0.2, -0.15) is 10.2 Å². The number of hydrogen-bond donors (Lipinski definition) is 1. The van der Waals surface area contributed by atoms with Gasteiger partial charge in [-0.3, -0.25) is 0 Å². The van der Waals surface area contributed by atoms with Crippen molar-refractivity contribution in [2.24, 2.45) is 0 Å². The van der Waals surface area contributed by atoms with Gasteiger partial charge in [-0.1, -0.05) is 37.3 Å². The van der Waals surface area contributed by atoms with Gasteiger partial charge in [0.25, 0.3) is 0 Å². The Labute approximate surface area is 136 Å². The van der Waals surface area contributed by atoms with Crippen LogP contribution < -0.4 is 5.32 Å². The Kier molecular flexibility index (Phi) is 4.86. The van der Waals surface area contributed by atoms with E-state index >= 15 is 0 Å². The molecule has 1 unspecified atom stereocenters. The highest BCUT2D eigenvalue weighted by atomic mass is 16.5. The number of nitrogens with zero attached hydrogens (tertiary/aromatic N) is 2. The van der Waals surface area contributed by atoms with Gasteiger partial charge in [-0.25, -0.2) is 4.79 Å². The molecule has 1 heterocycles. The molecule has 0 radical (unpaired) electrons. The fourth-order valence-electron chi connectivity index (χ4n) is 2.33. The Balaban J connectivity index is 1.42. The first-order valence-electron chi connectivity index (χ1n) is 8.00. The smallest absolute Gasteiger partial charge is 0.407 e. The Hall–Kier alpha value is -2.43. The van der Waals surface area contributed by atoms with Crippen LogP contribution in [0, 0.1) is 0 Å². The van der Waals surface area contributed by atoms with Crippen LogP contribution >= 0.6 is 0 Å². The van der Waals surface area contributed by atoms with Crippen molar-refractivity contribution in [1.82, 2.24) is 15.5 Å². The SMILES string of the molecule is CC(CNC(=O)OCc1ccccc1)c1ccc(C2CC2)nn1. The van der Waals surface area contributed by atoms with Crippen molar-refractivity contribution in [3.8, 4) is 0 Å². The van der Waals surface area contributed by atoms with E-state index in [-0.39, 0.29) is 12.5 Å². The molecule has 1 N–H and O–H groups in total. The molecular weight excluding hydrogens is 290 g/mol. The van der Waals surface area contributed by atoms with Crippen LogP contribution in [-0.2, 0) is 11.3 Å². The van der Waals surface area contributed by atoms with Crippen molar-refractivity contribution in [2.75, 3.05) is 6.54 Å². The second kappa shape index (κ2) is 7.22. The molecule has 5 heteroatoms. The molecule has 1 aliphatic carbocycles. The van der Waals surface area contributed by atoms with E-state index in [0.717, 1.165) is 17.0 Å². The van der Waals surface area contributed by atoms with Crippen LogP contribution in [0.4, 0.5) is 4.79 Å². The lowest BCUT2D eigenvalue weighted by molar-refractivity contribution is 0.139. The number of carbonyl (C=O) groups excluding carboxylic acids is 1. The zero-order chi connectivity index (χ0) is 16.1. The van der Waals surface area contributed by atoms with Gasteiger partial charge in [0.1, 0.15) is 6.61 Å². The molecule has 0 bridgehead atoms. The van der Waals surface area contributed by atoms with Crippen molar-refractivity contribution >= 4 is 6.09 Å². The fourth-order valence-corrected chi connectivity index (χ4v) is 2.33. The fraction of sp³-hybridized carbons (Fsp3) is 0.389. The maximum absolute atomic E-state index is 11.7. The van der Waals surface area contributed by atoms with Gasteiger partial charge >= 0.3 is 6.09 Å². The predicted octanol–water partition coefficient (Wildman–Crippen LogP) is 3.38. The second-order valence-electron chi connectivity index (χ2n) is 6.00. The van der Waals surface area contributed by atoms with E-state index in [9.17, 15) is 4.79 Å². The lowest BCUT2D eigenvalue weighted by Gasteiger charge is -2.12. The molecule has 3 rings (SSSR count). The summed E-state index contributed by atoms with van der Waals surface area (Å²) in [6, 6.07) is 13.7. The number of alkyl carbamates (subject to hydrolysis) is 1. The lowest BCUT2D eigenvalue weighted by atomic mass is 10.1. The van der Waals surface area contributed by atoms with Crippen LogP contribution in [0.3, 0.4) is 0 Å². The number of benzene rings is 1. The average Bonchev–Trinajstić information content (AvgIpc) is 3.44. The van der Waals surface area contributed by atoms with E-state index in [4.69, 9.17) is 4.74 Å². The van der Waals surface area contributed by atoms with Crippen molar-refractivity contribution in [2.45, 2.75) is 38.2 Å². The summed E-state index contributed by atoms with van der Waals surface area (Å²) in [5.74, 6) is 0.706. The molecule has 1 aliphatic rings. The molecule has 1 fully saturated rings. The molecular formula is C18H21N3O2. The van der Waals surface area contributed by atoms with Gasteiger partial charge in [0.2, 0.25) is 0 Å². The first kappa shape index (κ1) is 15.5. The zero-order valence-corrected chi connectivity index (χ0v) is 13.2. The first-order chi connectivity index (χ1) is 11.2. The summed E-state index contributed by atoms with van der Waals surface area (Å²) in [5, 5.41) is 11.3. The Morgan fingerprint density at radius 1 is 1.22 bits per heavy atom. The average molecular weight is 311 g/mol. The molecule has 120 valence electrons. The molecule has 2 aromatic rings. The molecule has 1 atom stereocenters. The minimum absolute atomic E-state index is 0.0972. The Morgan fingerprint density at radius 3 is 2.65 bits per heavy atom. The summed E-state index contributed by atoms with van der Waals surface area (Å²) in [6.07, 6.45) is 2.03. The van der Waals surface area contributed by atoms with Crippen LogP contribution in [0.25, 0.3) is 0 Å². The summed E-state index contributed by atoms with van der Waals surface area (Å²) in [6.45, 7) is 2.76. The predicted molar refractivity (Wildman–Crippen MR) is 87.1 cm³/mol. The number of nitrogens with one attached hydrogen (secondary N) is 1. The highest BCUT2D eigenvalue weighted by Gasteiger charge is 2.25. The van der Waals surface area contributed by atoms with Crippen LogP contribution in [0.1, 0.15) is 48.6 Å². The number of aromatic nitrogens is 2. The maximum Gasteiger partial charge on any atom is 0.407 e. The van der Waals surface area contributed by atoms with Gasteiger partial charge in [0, 0.05) is 18.4 Å². The third-order valence-electron chi connectivity index (χ3n) is 3.97. The van der Waals surface area contributed by atoms with Crippen LogP contribution in [-0.4, -0.2) is 22.8 Å². The number of hydrogen-bond acceptors (Lipinski definition) is 4. The summed E-state index contributed by atoms with van der Waals surface area (Å²) in [7, 11) is 0. The third-order valence-corrected chi connectivity index (χ3v) is 3.97. The summed E-state index contributed by atoms with van der Waals surface area (Å²) >= 11 is 0. The quantitative estimate of drug-likeness (QED) is 0.888.